The molecule has 152 valence electrons. The van der Waals surface area contributed by atoms with Gasteiger partial charge >= 0.3 is 0 Å². The molecule has 0 spiro atoms. The molecule has 3 aromatic rings. The second-order valence-corrected chi connectivity index (χ2v) is 7.08. The van der Waals surface area contributed by atoms with Crippen LogP contribution < -0.4 is 20.9 Å². The molecule has 0 aliphatic carbocycles. The average molecular weight is 437 g/mol. The Kier molecular flexibility index (Phi) is 6.19. The van der Waals surface area contributed by atoms with Gasteiger partial charge in [0.2, 0.25) is 5.28 Å². The highest BCUT2D eigenvalue weighted by molar-refractivity contribution is 6.33. The van der Waals surface area contributed by atoms with Gasteiger partial charge in [-0.1, -0.05) is 11.6 Å². The van der Waals surface area contributed by atoms with Gasteiger partial charge in [-0.2, -0.15) is 4.98 Å². The number of nitrogens with one attached hydrogen (secondary N) is 2. The van der Waals surface area contributed by atoms with Crippen LogP contribution in [-0.4, -0.2) is 39.1 Å². The normalized spacial score (nSPS) is 11.0. The van der Waals surface area contributed by atoms with Gasteiger partial charge in [-0.3, -0.25) is 14.2 Å². The van der Waals surface area contributed by atoms with Crippen molar-refractivity contribution in [3.8, 4) is 5.75 Å². The van der Waals surface area contributed by atoms with Crippen molar-refractivity contribution >= 4 is 51.6 Å². The number of carbonyl (C=O) groups excluding carboxylic acids is 1. The molecule has 3 rings (SSSR count). The average Bonchev–Trinajstić information content (AvgIpc) is 2.68. The van der Waals surface area contributed by atoms with E-state index in [2.05, 4.69) is 25.6 Å². The number of amides is 1. The fourth-order valence-corrected chi connectivity index (χ4v) is 2.91. The number of pyridine rings is 2. The smallest absolute Gasteiger partial charge is 0.294 e. The zero-order valence-corrected chi connectivity index (χ0v) is 17.4. The summed E-state index contributed by atoms with van der Waals surface area (Å²) < 4.78 is 6.94. The first-order chi connectivity index (χ1) is 13.8. The van der Waals surface area contributed by atoms with E-state index in [9.17, 15) is 9.59 Å². The first-order valence-corrected chi connectivity index (χ1v) is 9.39. The van der Waals surface area contributed by atoms with Gasteiger partial charge in [0.1, 0.15) is 10.7 Å². The molecule has 11 heteroatoms. The monoisotopic (exact) mass is 436 g/mol. The second-order valence-electron chi connectivity index (χ2n) is 6.34. The minimum Gasteiger partial charge on any atom is -0.478 e. The Bertz CT molecular complexity index is 1130. The molecule has 0 saturated carbocycles. The van der Waals surface area contributed by atoms with Crippen molar-refractivity contribution in [2.45, 2.75) is 19.9 Å². The summed E-state index contributed by atoms with van der Waals surface area (Å²) >= 11 is 11.9. The van der Waals surface area contributed by atoms with Crippen molar-refractivity contribution in [1.82, 2.24) is 24.8 Å². The van der Waals surface area contributed by atoms with Crippen LogP contribution in [0.1, 0.15) is 19.9 Å². The van der Waals surface area contributed by atoms with E-state index >= 15 is 0 Å². The van der Waals surface area contributed by atoms with Gasteiger partial charge in [0, 0.05) is 18.5 Å². The van der Waals surface area contributed by atoms with Gasteiger partial charge in [0.15, 0.2) is 18.2 Å². The maximum absolute atomic E-state index is 12.8. The highest BCUT2D eigenvalue weighted by atomic mass is 35.5. The van der Waals surface area contributed by atoms with Crippen molar-refractivity contribution in [1.29, 1.82) is 0 Å². The lowest BCUT2D eigenvalue weighted by molar-refractivity contribution is -0.122. The lowest BCUT2D eigenvalue weighted by Gasteiger charge is -2.16. The Balaban J connectivity index is 2.06. The fraction of sp³-hybridized carbons (Fsp3) is 0.278. The summed E-state index contributed by atoms with van der Waals surface area (Å²) in [7, 11) is 1.49. The van der Waals surface area contributed by atoms with Gasteiger partial charge in [-0.25, -0.2) is 9.97 Å². The molecule has 2 N–H and O–H groups in total. The Hall–Kier alpha value is -2.91. The first-order valence-electron chi connectivity index (χ1n) is 8.64. The maximum Gasteiger partial charge on any atom is 0.294 e. The van der Waals surface area contributed by atoms with Crippen LogP contribution in [0, 0.1) is 0 Å². The Morgan fingerprint density at radius 2 is 2.00 bits per heavy atom. The molecule has 0 radical (unpaired) electrons. The van der Waals surface area contributed by atoms with Gasteiger partial charge < -0.3 is 15.4 Å². The number of hydrogen-bond donors (Lipinski definition) is 2. The van der Waals surface area contributed by atoms with E-state index in [1.165, 1.54) is 17.8 Å². The van der Waals surface area contributed by atoms with E-state index < -0.39 is 0 Å². The maximum atomic E-state index is 12.8. The second kappa shape index (κ2) is 8.62. The van der Waals surface area contributed by atoms with Crippen molar-refractivity contribution < 1.29 is 9.53 Å². The minimum absolute atomic E-state index is 0.0455. The predicted octanol–water partition coefficient (Wildman–Crippen LogP) is 2.94. The molecule has 29 heavy (non-hydrogen) atoms. The van der Waals surface area contributed by atoms with Crippen LogP contribution in [0.5, 0.6) is 5.75 Å². The van der Waals surface area contributed by atoms with Crippen molar-refractivity contribution in [2.24, 2.45) is 0 Å². The number of anilines is 2. The number of fused-ring (bicyclic) bond motifs is 1. The fourth-order valence-electron chi connectivity index (χ4n) is 2.64. The third-order valence-corrected chi connectivity index (χ3v) is 4.43. The van der Waals surface area contributed by atoms with Crippen LogP contribution >= 0.6 is 23.2 Å². The van der Waals surface area contributed by atoms with E-state index in [-0.39, 0.29) is 40.2 Å². The third kappa shape index (κ3) is 4.57. The highest BCUT2D eigenvalue weighted by Crippen LogP contribution is 2.26. The van der Waals surface area contributed by atoms with Crippen molar-refractivity contribution in [3.63, 3.8) is 0 Å². The molecular weight excluding hydrogens is 419 g/mol. The van der Waals surface area contributed by atoms with Crippen LogP contribution in [0.2, 0.25) is 10.3 Å². The number of hydrogen-bond acceptors (Lipinski definition) is 7. The molecule has 0 fully saturated rings. The Labute approximate surface area is 176 Å². The predicted molar refractivity (Wildman–Crippen MR) is 111 cm³/mol. The summed E-state index contributed by atoms with van der Waals surface area (Å²) in [6, 6.07) is 3.14. The van der Waals surface area contributed by atoms with Crippen LogP contribution in [-0.2, 0) is 4.79 Å². The Morgan fingerprint density at radius 1 is 1.24 bits per heavy atom. The Morgan fingerprint density at radius 3 is 2.69 bits per heavy atom. The lowest BCUT2D eigenvalue weighted by Crippen LogP contribution is -2.29. The topological polar surface area (TPSA) is 111 Å². The molecular formula is C18H18Cl2N6O3. The van der Waals surface area contributed by atoms with Gasteiger partial charge in [-0.15, -0.1) is 0 Å². The number of rotatable bonds is 6. The molecule has 0 unspecified atom stereocenters. The van der Waals surface area contributed by atoms with E-state index in [0.717, 1.165) is 0 Å². The summed E-state index contributed by atoms with van der Waals surface area (Å²) in [6.07, 6.45) is 2.94. The standard InChI is InChI=1S/C18H18Cl2N6O3/c1-9(2)26-16-10(5-13(17(26)28)29-8-14(27)21-3)4-11(6-22-16)24-15-12(19)7-23-18(20)25-15/h4-7,9H,8H2,1-3H3,(H,21,27)(H,23,24,25). The highest BCUT2D eigenvalue weighted by Gasteiger charge is 2.16. The van der Waals surface area contributed by atoms with Crippen molar-refractivity contribution in [3.05, 3.63) is 45.2 Å². The number of nitrogens with zero attached hydrogens (tertiary/aromatic N) is 4. The number of halogens is 2. The number of carbonyl (C=O) groups is 1. The summed E-state index contributed by atoms with van der Waals surface area (Å²) in [4.78, 5) is 36.5. The molecule has 3 heterocycles. The lowest BCUT2D eigenvalue weighted by atomic mass is 10.2. The van der Waals surface area contributed by atoms with Gasteiger partial charge in [0.25, 0.3) is 11.5 Å². The van der Waals surface area contributed by atoms with Crippen LogP contribution in [0.15, 0.2) is 29.3 Å². The van der Waals surface area contributed by atoms with Crippen LogP contribution in [0.4, 0.5) is 11.5 Å². The summed E-state index contributed by atoms with van der Waals surface area (Å²) in [5.74, 6) is 0.0300. The van der Waals surface area contributed by atoms with Crippen LogP contribution in [0.25, 0.3) is 11.0 Å². The largest absolute Gasteiger partial charge is 0.478 e. The third-order valence-electron chi connectivity index (χ3n) is 3.97. The van der Waals surface area contributed by atoms with E-state index in [0.29, 0.717) is 22.5 Å². The van der Waals surface area contributed by atoms with Crippen LogP contribution in [0.3, 0.4) is 0 Å². The van der Waals surface area contributed by atoms with Crippen molar-refractivity contribution in [2.75, 3.05) is 19.0 Å². The summed E-state index contributed by atoms with van der Waals surface area (Å²) in [5, 5.41) is 6.43. The quantitative estimate of drug-likeness (QED) is 0.571. The molecule has 3 aromatic heterocycles. The van der Waals surface area contributed by atoms with Gasteiger partial charge in [-0.05, 0) is 37.6 Å². The molecule has 0 aliphatic heterocycles. The molecule has 0 atom stereocenters. The van der Waals surface area contributed by atoms with E-state index in [4.69, 9.17) is 27.9 Å². The first kappa shape index (κ1) is 20.8. The molecule has 9 nitrogen and oxygen atoms in total. The minimum atomic E-state index is -0.366. The number of likely N-dealkylation sites (N-methyl/N-ethyl adjacent to an activating group) is 1. The summed E-state index contributed by atoms with van der Waals surface area (Å²) in [5.41, 5.74) is 0.685. The summed E-state index contributed by atoms with van der Waals surface area (Å²) in [6.45, 7) is 3.45. The molecule has 0 bridgehead atoms. The number of ether oxygens (including phenoxy) is 1. The molecule has 0 aliphatic rings. The number of aromatic nitrogens is 4. The molecule has 1 amide bonds. The van der Waals surface area contributed by atoms with Gasteiger partial charge in [0.05, 0.1) is 18.1 Å². The zero-order valence-electron chi connectivity index (χ0n) is 15.9. The zero-order chi connectivity index (χ0) is 21.1. The SMILES string of the molecule is CNC(=O)COc1cc2cc(Nc3nc(Cl)ncc3Cl)cnc2n(C(C)C)c1=O. The molecule has 0 aromatic carbocycles. The van der Waals surface area contributed by atoms with E-state index in [1.807, 2.05) is 13.8 Å². The van der Waals surface area contributed by atoms with E-state index in [1.54, 1.807) is 18.3 Å². The molecule has 0 saturated heterocycles.